The number of carboxylic acid groups (broad SMARTS) is 1. The summed E-state index contributed by atoms with van der Waals surface area (Å²) in [6, 6.07) is 9.48. The molecule has 18 heavy (non-hydrogen) atoms. The Morgan fingerprint density at radius 1 is 1.44 bits per heavy atom. The maximum Gasteiger partial charge on any atom is 0.305 e. The van der Waals surface area contributed by atoms with E-state index in [-0.39, 0.29) is 12.5 Å². The number of para-hydroxylation sites is 1. The smallest absolute Gasteiger partial charge is 0.305 e. The van der Waals surface area contributed by atoms with Crippen molar-refractivity contribution in [2.45, 2.75) is 12.5 Å². The van der Waals surface area contributed by atoms with Gasteiger partial charge in [0.1, 0.15) is 0 Å². The molecule has 0 spiro atoms. The van der Waals surface area contributed by atoms with Crippen LogP contribution in [0.2, 0.25) is 0 Å². The van der Waals surface area contributed by atoms with Crippen LogP contribution in [-0.4, -0.2) is 27.9 Å². The van der Waals surface area contributed by atoms with Gasteiger partial charge in [-0.2, -0.15) is 5.10 Å². The first-order valence-electron chi connectivity index (χ1n) is 5.69. The predicted octanol–water partition coefficient (Wildman–Crippen LogP) is 1.61. The standard InChI is InChI=1S/C13H15N3O2/c1-14-12(7-13(17)18)10-8-15-16(9-10)11-5-3-2-4-6-11/h2-6,8-9,12,14H,7H2,1H3,(H,17,18). The van der Waals surface area contributed by atoms with E-state index in [0.29, 0.717) is 0 Å². The van der Waals surface area contributed by atoms with Crippen molar-refractivity contribution in [3.8, 4) is 5.69 Å². The number of aliphatic carboxylic acids is 1. The Balaban J connectivity index is 2.22. The molecule has 0 aliphatic carbocycles. The highest BCUT2D eigenvalue weighted by molar-refractivity contribution is 5.67. The van der Waals surface area contributed by atoms with Gasteiger partial charge >= 0.3 is 5.97 Å². The van der Waals surface area contributed by atoms with Gasteiger partial charge in [0, 0.05) is 17.8 Å². The van der Waals surface area contributed by atoms with Crippen molar-refractivity contribution >= 4 is 5.97 Å². The van der Waals surface area contributed by atoms with E-state index in [4.69, 9.17) is 5.11 Å². The number of carbonyl (C=O) groups is 1. The summed E-state index contributed by atoms with van der Waals surface area (Å²) in [7, 11) is 1.74. The topological polar surface area (TPSA) is 67.2 Å². The molecule has 94 valence electrons. The van der Waals surface area contributed by atoms with Crippen LogP contribution in [-0.2, 0) is 4.79 Å². The molecule has 0 amide bonds. The fourth-order valence-corrected chi connectivity index (χ4v) is 1.80. The third-order valence-electron chi connectivity index (χ3n) is 2.75. The number of benzene rings is 1. The first kappa shape index (κ1) is 12.3. The van der Waals surface area contributed by atoms with Crippen LogP contribution in [0, 0.1) is 0 Å². The Morgan fingerprint density at radius 3 is 2.78 bits per heavy atom. The Morgan fingerprint density at radius 2 is 2.17 bits per heavy atom. The van der Waals surface area contributed by atoms with E-state index in [0.717, 1.165) is 11.3 Å². The zero-order valence-electron chi connectivity index (χ0n) is 10.1. The van der Waals surface area contributed by atoms with Crippen LogP contribution in [0.3, 0.4) is 0 Å². The molecule has 1 atom stereocenters. The van der Waals surface area contributed by atoms with E-state index in [1.165, 1.54) is 0 Å². The van der Waals surface area contributed by atoms with Gasteiger partial charge in [-0.05, 0) is 19.2 Å². The highest BCUT2D eigenvalue weighted by atomic mass is 16.4. The zero-order chi connectivity index (χ0) is 13.0. The number of nitrogens with one attached hydrogen (secondary N) is 1. The maximum absolute atomic E-state index is 10.8. The summed E-state index contributed by atoms with van der Waals surface area (Å²) < 4.78 is 1.74. The third-order valence-corrected chi connectivity index (χ3v) is 2.75. The van der Waals surface area contributed by atoms with Gasteiger partial charge in [-0.1, -0.05) is 18.2 Å². The third kappa shape index (κ3) is 2.75. The number of carboxylic acids is 1. The molecule has 5 nitrogen and oxygen atoms in total. The summed E-state index contributed by atoms with van der Waals surface area (Å²) in [5.74, 6) is -0.832. The normalized spacial score (nSPS) is 12.3. The van der Waals surface area contributed by atoms with Crippen LogP contribution in [0.5, 0.6) is 0 Å². The molecule has 0 radical (unpaired) electrons. The Labute approximate surface area is 105 Å². The second-order valence-corrected chi connectivity index (χ2v) is 3.99. The maximum atomic E-state index is 10.8. The monoisotopic (exact) mass is 245 g/mol. The van der Waals surface area contributed by atoms with Gasteiger partial charge in [0.15, 0.2) is 0 Å². The average molecular weight is 245 g/mol. The lowest BCUT2D eigenvalue weighted by molar-refractivity contribution is -0.137. The van der Waals surface area contributed by atoms with Gasteiger partial charge in [0.05, 0.1) is 18.3 Å². The number of hydrogen-bond acceptors (Lipinski definition) is 3. The van der Waals surface area contributed by atoms with Crippen molar-refractivity contribution in [3.05, 3.63) is 48.3 Å². The van der Waals surface area contributed by atoms with Crippen molar-refractivity contribution < 1.29 is 9.90 Å². The van der Waals surface area contributed by atoms with E-state index in [1.54, 1.807) is 17.9 Å². The molecule has 5 heteroatoms. The molecule has 1 aromatic heterocycles. The molecule has 0 aliphatic rings. The average Bonchev–Trinajstić information content (AvgIpc) is 2.86. The SMILES string of the molecule is CNC(CC(=O)O)c1cnn(-c2ccccc2)c1. The van der Waals surface area contributed by atoms with Gasteiger partial charge in [-0.3, -0.25) is 4.79 Å². The molecule has 0 saturated carbocycles. The molecule has 1 aromatic carbocycles. The minimum atomic E-state index is -0.832. The number of rotatable bonds is 5. The van der Waals surface area contributed by atoms with Crippen LogP contribution in [0.15, 0.2) is 42.7 Å². The van der Waals surface area contributed by atoms with Gasteiger partial charge in [-0.15, -0.1) is 0 Å². The Hall–Kier alpha value is -2.14. The first-order chi connectivity index (χ1) is 8.70. The zero-order valence-corrected chi connectivity index (χ0v) is 10.1. The fourth-order valence-electron chi connectivity index (χ4n) is 1.80. The Bertz CT molecular complexity index is 522. The minimum Gasteiger partial charge on any atom is -0.481 e. The van der Waals surface area contributed by atoms with E-state index in [9.17, 15) is 4.79 Å². The highest BCUT2D eigenvalue weighted by Crippen LogP contribution is 2.17. The number of aromatic nitrogens is 2. The summed E-state index contributed by atoms with van der Waals surface area (Å²) in [6.07, 6.45) is 3.58. The lowest BCUT2D eigenvalue weighted by Crippen LogP contribution is -2.19. The molecule has 1 unspecified atom stereocenters. The van der Waals surface area contributed by atoms with Crippen LogP contribution in [0.4, 0.5) is 0 Å². The van der Waals surface area contributed by atoms with Crippen molar-refractivity contribution in [2.24, 2.45) is 0 Å². The van der Waals surface area contributed by atoms with Gasteiger partial charge in [0.25, 0.3) is 0 Å². The van der Waals surface area contributed by atoms with Gasteiger partial charge in [-0.25, -0.2) is 4.68 Å². The Kier molecular flexibility index (Phi) is 3.74. The minimum absolute atomic E-state index is 0.0387. The summed E-state index contributed by atoms with van der Waals surface area (Å²) in [5.41, 5.74) is 1.82. The highest BCUT2D eigenvalue weighted by Gasteiger charge is 2.15. The molecular formula is C13H15N3O2. The molecule has 0 saturated heterocycles. The molecule has 0 bridgehead atoms. The van der Waals surface area contributed by atoms with E-state index >= 15 is 0 Å². The lowest BCUT2D eigenvalue weighted by Gasteiger charge is -2.10. The molecule has 0 fully saturated rings. The van der Waals surface area contributed by atoms with E-state index in [2.05, 4.69) is 10.4 Å². The van der Waals surface area contributed by atoms with Crippen molar-refractivity contribution in [3.63, 3.8) is 0 Å². The van der Waals surface area contributed by atoms with Gasteiger partial charge in [0.2, 0.25) is 0 Å². The second kappa shape index (κ2) is 5.46. The summed E-state index contributed by atoms with van der Waals surface area (Å²) in [5, 5.41) is 16.1. The van der Waals surface area contributed by atoms with Crippen molar-refractivity contribution in [2.75, 3.05) is 7.05 Å². The molecule has 2 aromatic rings. The summed E-state index contributed by atoms with van der Waals surface area (Å²) in [4.78, 5) is 10.8. The van der Waals surface area contributed by atoms with E-state index in [1.807, 2.05) is 36.5 Å². The number of hydrogen-bond donors (Lipinski definition) is 2. The first-order valence-corrected chi connectivity index (χ1v) is 5.69. The second-order valence-electron chi connectivity index (χ2n) is 3.99. The largest absolute Gasteiger partial charge is 0.481 e. The quantitative estimate of drug-likeness (QED) is 0.839. The summed E-state index contributed by atoms with van der Waals surface area (Å²) >= 11 is 0. The molecule has 1 heterocycles. The van der Waals surface area contributed by atoms with Crippen molar-refractivity contribution in [1.82, 2.24) is 15.1 Å². The van der Waals surface area contributed by atoms with Crippen LogP contribution in [0.1, 0.15) is 18.0 Å². The lowest BCUT2D eigenvalue weighted by atomic mass is 10.1. The van der Waals surface area contributed by atoms with Gasteiger partial charge < -0.3 is 10.4 Å². The predicted molar refractivity (Wildman–Crippen MR) is 67.6 cm³/mol. The van der Waals surface area contributed by atoms with Crippen LogP contribution < -0.4 is 5.32 Å². The van der Waals surface area contributed by atoms with Crippen LogP contribution >= 0.6 is 0 Å². The van der Waals surface area contributed by atoms with E-state index < -0.39 is 5.97 Å². The fraction of sp³-hybridized carbons (Fsp3) is 0.231. The number of nitrogens with zero attached hydrogens (tertiary/aromatic N) is 2. The molecule has 2 N–H and O–H groups in total. The summed E-state index contributed by atoms with van der Waals surface area (Å²) in [6.45, 7) is 0. The van der Waals surface area contributed by atoms with Crippen molar-refractivity contribution in [1.29, 1.82) is 0 Å². The molecule has 0 aliphatic heterocycles. The van der Waals surface area contributed by atoms with Crippen LogP contribution in [0.25, 0.3) is 5.69 Å². The molecular weight excluding hydrogens is 230 g/mol. The molecule has 2 rings (SSSR count).